The third kappa shape index (κ3) is 3.29. The Morgan fingerprint density at radius 1 is 1.32 bits per heavy atom. The number of rotatable bonds is 4. The second kappa shape index (κ2) is 6.10. The maximum atomic E-state index is 12.0. The molecule has 100 valence electrons. The molecule has 4 nitrogen and oxygen atoms in total. The van der Waals surface area contributed by atoms with Crippen LogP contribution in [0.1, 0.15) is 22.1 Å². The van der Waals surface area contributed by atoms with Gasteiger partial charge >= 0.3 is 0 Å². The van der Waals surface area contributed by atoms with Crippen molar-refractivity contribution in [2.45, 2.75) is 6.04 Å². The van der Waals surface area contributed by atoms with Gasteiger partial charge in [0.25, 0.3) is 5.91 Å². The number of nitrogens with one attached hydrogen (secondary N) is 2. The topological polar surface area (TPSA) is 65.1 Å². The van der Waals surface area contributed by atoms with Crippen molar-refractivity contribution in [1.29, 1.82) is 0 Å². The van der Waals surface area contributed by atoms with Gasteiger partial charge in [-0.15, -0.1) is 0 Å². The van der Waals surface area contributed by atoms with E-state index < -0.39 is 6.04 Å². The molecule has 2 rings (SSSR count). The van der Waals surface area contributed by atoms with Gasteiger partial charge in [0.1, 0.15) is 10.8 Å². The molecule has 0 aliphatic heterocycles. The molecule has 1 aromatic heterocycles. The second-order valence-electron chi connectivity index (χ2n) is 3.96. The highest BCUT2D eigenvalue weighted by Gasteiger charge is 2.17. The fraction of sp³-hybridized carbons (Fsp3) is 0.154. The third-order valence-electron chi connectivity index (χ3n) is 2.66. The van der Waals surface area contributed by atoms with Crippen LogP contribution in [0.15, 0.2) is 36.4 Å². The first-order valence-electron chi connectivity index (χ1n) is 5.62. The Labute approximate surface area is 120 Å². The standard InChI is InChI=1S/C13H12Cl2N2O2/c14-9-6-10(16-12(9)15)13(19)17-11(7-18)8-4-2-1-3-5-8/h1-6,11,16,18H,7H2,(H,17,19)/t11-/m1/s1. The molecular weight excluding hydrogens is 287 g/mol. The number of aromatic nitrogens is 1. The van der Waals surface area contributed by atoms with Crippen molar-refractivity contribution < 1.29 is 9.90 Å². The molecule has 0 saturated carbocycles. The van der Waals surface area contributed by atoms with Gasteiger partial charge in [0.15, 0.2) is 0 Å². The lowest BCUT2D eigenvalue weighted by Gasteiger charge is -2.16. The van der Waals surface area contributed by atoms with E-state index in [4.69, 9.17) is 23.2 Å². The van der Waals surface area contributed by atoms with Crippen LogP contribution in [0, 0.1) is 0 Å². The molecule has 1 aromatic carbocycles. The van der Waals surface area contributed by atoms with Crippen LogP contribution in [-0.4, -0.2) is 22.6 Å². The van der Waals surface area contributed by atoms with Gasteiger partial charge in [-0.3, -0.25) is 4.79 Å². The fourth-order valence-corrected chi connectivity index (χ4v) is 1.99. The summed E-state index contributed by atoms with van der Waals surface area (Å²) in [6, 6.07) is 10.2. The average molecular weight is 299 g/mol. The Hall–Kier alpha value is -1.49. The molecule has 19 heavy (non-hydrogen) atoms. The van der Waals surface area contributed by atoms with Gasteiger partial charge in [-0.05, 0) is 11.6 Å². The number of benzene rings is 1. The number of halogens is 2. The first-order valence-corrected chi connectivity index (χ1v) is 6.38. The smallest absolute Gasteiger partial charge is 0.268 e. The first kappa shape index (κ1) is 13.9. The van der Waals surface area contributed by atoms with Crippen molar-refractivity contribution in [3.05, 3.63) is 57.8 Å². The Kier molecular flexibility index (Phi) is 4.47. The average Bonchev–Trinajstić information content (AvgIpc) is 2.77. The van der Waals surface area contributed by atoms with Crippen molar-refractivity contribution in [3.8, 4) is 0 Å². The van der Waals surface area contributed by atoms with Crippen molar-refractivity contribution >= 4 is 29.1 Å². The van der Waals surface area contributed by atoms with Gasteiger partial charge in [-0.25, -0.2) is 0 Å². The predicted molar refractivity (Wildman–Crippen MR) is 74.5 cm³/mol. The van der Waals surface area contributed by atoms with Crippen molar-refractivity contribution in [3.63, 3.8) is 0 Å². The molecule has 3 N–H and O–H groups in total. The summed E-state index contributed by atoms with van der Waals surface area (Å²) in [6.45, 7) is -0.197. The van der Waals surface area contributed by atoms with Crippen LogP contribution in [0.25, 0.3) is 0 Å². The molecule has 0 radical (unpaired) electrons. The summed E-state index contributed by atoms with van der Waals surface area (Å²) >= 11 is 11.5. The summed E-state index contributed by atoms with van der Waals surface area (Å²) in [7, 11) is 0. The van der Waals surface area contributed by atoms with E-state index in [1.807, 2.05) is 30.3 Å². The van der Waals surface area contributed by atoms with Crippen LogP contribution in [0.4, 0.5) is 0 Å². The highest BCUT2D eigenvalue weighted by Crippen LogP contribution is 2.22. The predicted octanol–water partition coefficient (Wildman–Crippen LogP) is 2.78. The van der Waals surface area contributed by atoms with Crippen molar-refractivity contribution in [2.75, 3.05) is 6.61 Å². The molecule has 0 bridgehead atoms. The summed E-state index contributed by atoms with van der Waals surface area (Å²) in [6.07, 6.45) is 0. The van der Waals surface area contributed by atoms with E-state index in [2.05, 4.69) is 10.3 Å². The fourth-order valence-electron chi connectivity index (χ4n) is 1.68. The number of hydrogen-bond donors (Lipinski definition) is 3. The molecular formula is C13H12Cl2N2O2. The summed E-state index contributed by atoms with van der Waals surface area (Å²) in [4.78, 5) is 14.6. The van der Waals surface area contributed by atoms with Crippen LogP contribution in [-0.2, 0) is 0 Å². The van der Waals surface area contributed by atoms with Gasteiger partial charge < -0.3 is 15.4 Å². The Bertz CT molecular complexity index is 550. The zero-order valence-electron chi connectivity index (χ0n) is 9.86. The monoisotopic (exact) mass is 298 g/mol. The molecule has 0 spiro atoms. The quantitative estimate of drug-likeness (QED) is 0.812. The Morgan fingerprint density at radius 3 is 2.53 bits per heavy atom. The van der Waals surface area contributed by atoms with Crippen molar-refractivity contribution in [2.24, 2.45) is 0 Å². The largest absolute Gasteiger partial charge is 0.394 e. The highest BCUT2D eigenvalue weighted by molar-refractivity contribution is 6.41. The molecule has 0 unspecified atom stereocenters. The molecule has 0 aliphatic carbocycles. The molecule has 0 fully saturated rings. The lowest BCUT2D eigenvalue weighted by atomic mass is 10.1. The van der Waals surface area contributed by atoms with Gasteiger partial charge in [0.2, 0.25) is 0 Å². The zero-order valence-corrected chi connectivity index (χ0v) is 11.4. The first-order chi connectivity index (χ1) is 9.11. The van der Waals surface area contributed by atoms with E-state index >= 15 is 0 Å². The summed E-state index contributed by atoms with van der Waals surface area (Å²) < 4.78 is 0. The minimum Gasteiger partial charge on any atom is -0.394 e. The normalized spacial score (nSPS) is 12.2. The number of carbonyl (C=O) groups is 1. The molecule has 1 heterocycles. The lowest BCUT2D eigenvalue weighted by molar-refractivity contribution is 0.0912. The number of carbonyl (C=O) groups excluding carboxylic acids is 1. The van der Waals surface area contributed by atoms with Crippen LogP contribution in [0.3, 0.4) is 0 Å². The summed E-state index contributed by atoms with van der Waals surface area (Å²) in [5.74, 6) is -0.378. The van der Waals surface area contributed by atoms with E-state index in [0.717, 1.165) is 5.56 Å². The number of H-pyrrole nitrogens is 1. The van der Waals surface area contributed by atoms with Gasteiger partial charge in [0.05, 0.1) is 17.7 Å². The number of aromatic amines is 1. The van der Waals surface area contributed by atoms with Gasteiger partial charge in [0, 0.05) is 0 Å². The second-order valence-corrected chi connectivity index (χ2v) is 4.75. The van der Waals surface area contributed by atoms with E-state index in [1.54, 1.807) is 0 Å². The van der Waals surface area contributed by atoms with Gasteiger partial charge in [-0.1, -0.05) is 53.5 Å². The zero-order chi connectivity index (χ0) is 13.8. The third-order valence-corrected chi connectivity index (χ3v) is 3.35. The van der Waals surface area contributed by atoms with Crippen LogP contribution in [0.2, 0.25) is 10.2 Å². The highest BCUT2D eigenvalue weighted by atomic mass is 35.5. The van der Waals surface area contributed by atoms with Crippen LogP contribution >= 0.6 is 23.2 Å². The van der Waals surface area contributed by atoms with E-state index in [-0.39, 0.29) is 28.4 Å². The minimum absolute atomic E-state index is 0.197. The number of hydrogen-bond acceptors (Lipinski definition) is 2. The molecule has 2 aromatic rings. The number of aliphatic hydroxyl groups excluding tert-OH is 1. The maximum absolute atomic E-state index is 12.0. The lowest BCUT2D eigenvalue weighted by Crippen LogP contribution is -2.30. The van der Waals surface area contributed by atoms with Crippen LogP contribution in [0.5, 0.6) is 0 Å². The SMILES string of the molecule is O=C(N[C@H](CO)c1ccccc1)c1cc(Cl)c(Cl)[nH]1. The minimum atomic E-state index is -0.477. The van der Waals surface area contributed by atoms with E-state index in [1.165, 1.54) is 6.07 Å². The maximum Gasteiger partial charge on any atom is 0.268 e. The Balaban J connectivity index is 2.13. The van der Waals surface area contributed by atoms with Crippen molar-refractivity contribution in [1.82, 2.24) is 10.3 Å². The summed E-state index contributed by atoms with van der Waals surface area (Å²) in [5.41, 5.74) is 1.08. The molecule has 0 aliphatic rings. The van der Waals surface area contributed by atoms with E-state index in [0.29, 0.717) is 0 Å². The Morgan fingerprint density at radius 2 is 2.00 bits per heavy atom. The van der Waals surface area contributed by atoms with Crippen LogP contribution < -0.4 is 5.32 Å². The molecule has 0 saturated heterocycles. The number of aliphatic hydroxyl groups is 1. The molecule has 1 atom stereocenters. The molecule has 1 amide bonds. The van der Waals surface area contributed by atoms with E-state index in [9.17, 15) is 9.90 Å². The summed E-state index contributed by atoms with van der Waals surface area (Å²) in [5, 5.41) is 12.6. The number of amides is 1. The molecule has 6 heteroatoms. The van der Waals surface area contributed by atoms with Gasteiger partial charge in [-0.2, -0.15) is 0 Å².